The third kappa shape index (κ3) is 4.46. The van der Waals surface area contributed by atoms with Gasteiger partial charge in [0.15, 0.2) is 0 Å². The van der Waals surface area contributed by atoms with Crippen LogP contribution in [-0.4, -0.2) is 29.3 Å². The van der Waals surface area contributed by atoms with Crippen molar-refractivity contribution in [3.8, 4) is 0 Å². The Kier molecular flexibility index (Phi) is 6.19. The van der Waals surface area contributed by atoms with Crippen LogP contribution in [0.25, 0.3) is 0 Å². The van der Waals surface area contributed by atoms with Crippen molar-refractivity contribution in [3.05, 3.63) is 0 Å². The number of piperidine rings is 1. The number of amides is 2. The van der Waals surface area contributed by atoms with Crippen LogP contribution in [0.1, 0.15) is 58.3 Å². The lowest BCUT2D eigenvalue weighted by Gasteiger charge is -2.28. The molecule has 0 aromatic heterocycles. The molecule has 0 aromatic rings. The molecule has 0 bridgehead atoms. The Morgan fingerprint density at radius 1 is 1.18 bits per heavy atom. The molecule has 1 heterocycles. The van der Waals surface area contributed by atoms with E-state index in [-0.39, 0.29) is 11.8 Å². The molecule has 2 amide bonds. The van der Waals surface area contributed by atoms with Crippen molar-refractivity contribution in [1.29, 1.82) is 0 Å². The fourth-order valence-electron chi connectivity index (χ4n) is 2.15. The number of likely N-dealkylation sites (tertiary alicyclic amines) is 1. The lowest BCUT2D eigenvalue weighted by molar-refractivity contribution is -0.149. The number of carbonyl (C=O) groups excluding carboxylic acids is 2. The van der Waals surface area contributed by atoms with Gasteiger partial charge in [0.2, 0.25) is 11.8 Å². The molecule has 1 fully saturated rings. The van der Waals surface area contributed by atoms with Crippen LogP contribution < -0.4 is 5.73 Å². The van der Waals surface area contributed by atoms with Gasteiger partial charge in [0.1, 0.15) is 0 Å². The molecule has 0 saturated carbocycles. The minimum Gasteiger partial charge on any atom is -0.320 e. The monoisotopic (exact) mass is 240 g/mol. The highest BCUT2D eigenvalue weighted by atomic mass is 16.2. The Morgan fingerprint density at radius 3 is 2.53 bits per heavy atom. The number of carbonyl (C=O) groups is 2. The first-order valence-electron chi connectivity index (χ1n) is 6.76. The zero-order valence-corrected chi connectivity index (χ0v) is 10.8. The van der Waals surface area contributed by atoms with Crippen LogP contribution in [0.2, 0.25) is 0 Å². The number of imide groups is 1. The normalized spacial score (nSPS) is 21.1. The van der Waals surface area contributed by atoms with Gasteiger partial charge in [-0.2, -0.15) is 0 Å². The smallest absolute Gasteiger partial charge is 0.246 e. The van der Waals surface area contributed by atoms with Crippen molar-refractivity contribution in [2.45, 2.75) is 64.3 Å². The van der Waals surface area contributed by atoms with Crippen LogP contribution in [0.3, 0.4) is 0 Å². The van der Waals surface area contributed by atoms with E-state index in [2.05, 4.69) is 6.92 Å². The number of hydrogen-bond acceptors (Lipinski definition) is 3. The molecule has 0 aromatic carbocycles. The van der Waals surface area contributed by atoms with Gasteiger partial charge < -0.3 is 5.73 Å². The van der Waals surface area contributed by atoms with Gasteiger partial charge in [0.05, 0.1) is 6.04 Å². The Labute approximate surface area is 104 Å². The van der Waals surface area contributed by atoms with Crippen molar-refractivity contribution >= 4 is 11.8 Å². The first-order valence-corrected chi connectivity index (χ1v) is 6.76. The van der Waals surface area contributed by atoms with Crippen LogP contribution in [0.15, 0.2) is 0 Å². The van der Waals surface area contributed by atoms with E-state index in [0.29, 0.717) is 19.4 Å². The second kappa shape index (κ2) is 7.43. The van der Waals surface area contributed by atoms with E-state index in [1.807, 2.05) is 0 Å². The lowest BCUT2D eigenvalue weighted by Crippen LogP contribution is -2.51. The maximum Gasteiger partial charge on any atom is 0.246 e. The van der Waals surface area contributed by atoms with E-state index in [1.54, 1.807) is 0 Å². The van der Waals surface area contributed by atoms with Gasteiger partial charge >= 0.3 is 0 Å². The molecule has 0 radical (unpaired) electrons. The zero-order chi connectivity index (χ0) is 12.7. The highest BCUT2D eigenvalue weighted by Crippen LogP contribution is 2.13. The zero-order valence-electron chi connectivity index (χ0n) is 10.8. The summed E-state index contributed by atoms with van der Waals surface area (Å²) in [5, 5.41) is 0. The van der Waals surface area contributed by atoms with Gasteiger partial charge in [-0.3, -0.25) is 14.5 Å². The Bertz CT molecular complexity index is 266. The second-order valence-electron chi connectivity index (χ2n) is 4.80. The van der Waals surface area contributed by atoms with Gasteiger partial charge in [-0.05, 0) is 12.8 Å². The van der Waals surface area contributed by atoms with Crippen molar-refractivity contribution < 1.29 is 9.59 Å². The summed E-state index contributed by atoms with van der Waals surface area (Å²) < 4.78 is 0. The van der Waals surface area contributed by atoms with Crippen molar-refractivity contribution in [3.63, 3.8) is 0 Å². The number of unbranched alkanes of at least 4 members (excludes halogenated alkanes) is 5. The summed E-state index contributed by atoms with van der Waals surface area (Å²) in [6.45, 7) is 2.74. The average molecular weight is 240 g/mol. The maximum atomic E-state index is 11.7. The number of hydrogen-bond donors (Lipinski definition) is 1. The molecule has 17 heavy (non-hydrogen) atoms. The SMILES string of the molecule is CCCCCCCCN1C(=O)CCC(N)C1=O. The predicted molar refractivity (Wildman–Crippen MR) is 67.3 cm³/mol. The quantitative estimate of drug-likeness (QED) is 0.545. The molecule has 98 valence electrons. The highest BCUT2D eigenvalue weighted by Gasteiger charge is 2.31. The Hall–Kier alpha value is -0.900. The van der Waals surface area contributed by atoms with Gasteiger partial charge in [-0.15, -0.1) is 0 Å². The van der Waals surface area contributed by atoms with E-state index in [4.69, 9.17) is 5.73 Å². The fraction of sp³-hybridized carbons (Fsp3) is 0.846. The number of nitrogens with zero attached hydrogens (tertiary/aromatic N) is 1. The molecule has 1 rings (SSSR count). The van der Waals surface area contributed by atoms with E-state index < -0.39 is 6.04 Å². The fourth-order valence-corrected chi connectivity index (χ4v) is 2.15. The van der Waals surface area contributed by atoms with Gasteiger partial charge in [0, 0.05) is 13.0 Å². The summed E-state index contributed by atoms with van der Waals surface area (Å²) in [6.07, 6.45) is 7.87. The number of rotatable bonds is 7. The maximum absolute atomic E-state index is 11.7. The molecule has 1 aliphatic heterocycles. The summed E-state index contributed by atoms with van der Waals surface area (Å²) in [5.74, 6) is -0.236. The van der Waals surface area contributed by atoms with E-state index >= 15 is 0 Å². The molecular formula is C13H24N2O2. The molecule has 1 unspecified atom stereocenters. The van der Waals surface area contributed by atoms with Crippen LogP contribution in [0, 0.1) is 0 Å². The molecule has 2 N–H and O–H groups in total. The van der Waals surface area contributed by atoms with Gasteiger partial charge in [-0.25, -0.2) is 0 Å². The average Bonchev–Trinajstić information content (AvgIpc) is 2.32. The molecule has 1 aliphatic rings. The van der Waals surface area contributed by atoms with Crippen LogP contribution in [-0.2, 0) is 9.59 Å². The van der Waals surface area contributed by atoms with E-state index in [1.165, 1.54) is 30.6 Å². The first kappa shape index (κ1) is 14.2. The second-order valence-corrected chi connectivity index (χ2v) is 4.80. The molecule has 4 nitrogen and oxygen atoms in total. The largest absolute Gasteiger partial charge is 0.320 e. The van der Waals surface area contributed by atoms with Crippen LogP contribution >= 0.6 is 0 Å². The minimum atomic E-state index is -0.465. The Morgan fingerprint density at radius 2 is 1.82 bits per heavy atom. The molecule has 0 aliphatic carbocycles. The molecular weight excluding hydrogens is 216 g/mol. The summed E-state index contributed by atoms with van der Waals surface area (Å²) in [6, 6.07) is -0.465. The summed E-state index contributed by atoms with van der Waals surface area (Å²) in [7, 11) is 0. The first-order chi connectivity index (χ1) is 8.16. The number of nitrogens with two attached hydrogens (primary N) is 1. The Balaban J connectivity index is 2.20. The standard InChI is InChI=1S/C13H24N2O2/c1-2-3-4-5-6-7-10-15-12(16)9-8-11(14)13(15)17/h11H,2-10,14H2,1H3. The molecule has 0 spiro atoms. The van der Waals surface area contributed by atoms with Crippen LogP contribution in [0.4, 0.5) is 0 Å². The summed E-state index contributed by atoms with van der Waals surface area (Å²) in [5.41, 5.74) is 5.66. The molecule has 1 saturated heterocycles. The van der Waals surface area contributed by atoms with E-state index in [9.17, 15) is 9.59 Å². The van der Waals surface area contributed by atoms with Crippen molar-refractivity contribution in [2.24, 2.45) is 5.73 Å². The topological polar surface area (TPSA) is 63.4 Å². The van der Waals surface area contributed by atoms with Crippen molar-refractivity contribution in [2.75, 3.05) is 6.54 Å². The minimum absolute atomic E-state index is 0.0507. The summed E-state index contributed by atoms with van der Waals surface area (Å²) >= 11 is 0. The lowest BCUT2D eigenvalue weighted by atomic mass is 10.0. The molecule has 1 atom stereocenters. The molecule has 4 heteroatoms. The third-order valence-corrected chi connectivity index (χ3v) is 3.29. The summed E-state index contributed by atoms with van der Waals surface area (Å²) in [4.78, 5) is 24.6. The van der Waals surface area contributed by atoms with Gasteiger partial charge in [-0.1, -0.05) is 39.0 Å². The predicted octanol–water partition coefficient (Wildman–Crippen LogP) is 1.82. The third-order valence-electron chi connectivity index (χ3n) is 3.29. The highest BCUT2D eigenvalue weighted by molar-refractivity contribution is 6.00. The van der Waals surface area contributed by atoms with Crippen LogP contribution in [0.5, 0.6) is 0 Å². The van der Waals surface area contributed by atoms with Crippen molar-refractivity contribution in [1.82, 2.24) is 4.90 Å². The van der Waals surface area contributed by atoms with E-state index in [0.717, 1.165) is 12.8 Å². The van der Waals surface area contributed by atoms with Gasteiger partial charge in [0.25, 0.3) is 0 Å².